The molecule has 1 saturated heterocycles. The lowest BCUT2D eigenvalue weighted by Gasteiger charge is -2.43. The maximum atomic E-state index is 10.9. The van der Waals surface area contributed by atoms with E-state index in [1.165, 1.54) is 11.1 Å². The average molecular weight is 234 g/mol. The molecule has 17 heavy (non-hydrogen) atoms. The Hall–Kier alpha value is -1.55. The van der Waals surface area contributed by atoms with Crippen molar-refractivity contribution in [3.63, 3.8) is 0 Å². The molecule has 2 rings (SSSR count). The third-order valence-electron chi connectivity index (χ3n) is 3.33. The van der Waals surface area contributed by atoms with Gasteiger partial charge in [0.25, 0.3) is 0 Å². The van der Waals surface area contributed by atoms with Crippen LogP contribution in [0.5, 0.6) is 0 Å². The Morgan fingerprint density at radius 3 is 2.59 bits per heavy atom. The Kier molecular flexibility index (Phi) is 3.07. The summed E-state index contributed by atoms with van der Waals surface area (Å²) in [5, 5.41) is 15.4. The SMILES string of the molecule is Cc1ccc(NC2(CC(=O)O)CNC2)cc1C. The maximum absolute atomic E-state index is 10.9. The first kappa shape index (κ1) is 11.9. The first-order valence-corrected chi connectivity index (χ1v) is 5.79. The molecule has 0 aromatic heterocycles. The van der Waals surface area contributed by atoms with Crippen LogP contribution in [0.25, 0.3) is 0 Å². The molecule has 1 fully saturated rings. The predicted octanol–water partition coefficient (Wildman–Crippen LogP) is 1.53. The van der Waals surface area contributed by atoms with E-state index >= 15 is 0 Å². The fourth-order valence-corrected chi connectivity index (χ4v) is 2.10. The van der Waals surface area contributed by atoms with E-state index in [0.29, 0.717) is 13.1 Å². The van der Waals surface area contributed by atoms with E-state index in [4.69, 9.17) is 5.11 Å². The van der Waals surface area contributed by atoms with Crippen molar-refractivity contribution < 1.29 is 9.90 Å². The number of nitrogens with one attached hydrogen (secondary N) is 2. The second-order valence-electron chi connectivity index (χ2n) is 4.88. The quantitative estimate of drug-likeness (QED) is 0.739. The Morgan fingerprint density at radius 2 is 2.12 bits per heavy atom. The van der Waals surface area contributed by atoms with Crippen molar-refractivity contribution in [1.82, 2.24) is 5.32 Å². The van der Waals surface area contributed by atoms with Crippen LogP contribution >= 0.6 is 0 Å². The minimum atomic E-state index is -0.761. The van der Waals surface area contributed by atoms with Crippen LogP contribution in [0.3, 0.4) is 0 Å². The summed E-state index contributed by atoms with van der Waals surface area (Å²) in [7, 11) is 0. The van der Waals surface area contributed by atoms with Gasteiger partial charge in [0.1, 0.15) is 0 Å². The molecule has 0 atom stereocenters. The summed E-state index contributed by atoms with van der Waals surface area (Å²) in [6, 6.07) is 6.12. The first-order valence-electron chi connectivity index (χ1n) is 5.79. The number of aryl methyl sites for hydroxylation is 2. The highest BCUT2D eigenvalue weighted by molar-refractivity contribution is 5.70. The molecule has 1 aromatic carbocycles. The van der Waals surface area contributed by atoms with Gasteiger partial charge in [-0.2, -0.15) is 0 Å². The lowest BCUT2D eigenvalue weighted by Crippen LogP contribution is -2.65. The zero-order valence-electron chi connectivity index (χ0n) is 10.2. The second kappa shape index (κ2) is 4.37. The number of benzene rings is 1. The Bertz CT molecular complexity index is 439. The Labute approximate surface area is 101 Å². The van der Waals surface area contributed by atoms with E-state index in [1.807, 2.05) is 6.07 Å². The number of aliphatic carboxylic acids is 1. The summed E-state index contributed by atoms with van der Waals surface area (Å²) < 4.78 is 0. The third-order valence-corrected chi connectivity index (χ3v) is 3.33. The summed E-state index contributed by atoms with van der Waals surface area (Å²) in [6.45, 7) is 5.53. The highest BCUT2D eigenvalue weighted by Gasteiger charge is 2.38. The summed E-state index contributed by atoms with van der Waals surface area (Å²) in [4.78, 5) is 10.9. The standard InChI is InChI=1S/C13H18N2O2/c1-9-3-4-11(5-10(9)2)15-13(6-12(16)17)7-14-8-13/h3-5,14-15H,6-8H2,1-2H3,(H,16,17). The second-order valence-corrected chi connectivity index (χ2v) is 4.88. The minimum Gasteiger partial charge on any atom is -0.481 e. The molecule has 0 aliphatic carbocycles. The molecule has 3 N–H and O–H groups in total. The average Bonchev–Trinajstić information content (AvgIpc) is 2.19. The fourth-order valence-electron chi connectivity index (χ4n) is 2.10. The molecule has 0 amide bonds. The molecule has 0 bridgehead atoms. The van der Waals surface area contributed by atoms with Gasteiger partial charge in [-0.3, -0.25) is 4.79 Å². The molecule has 4 heteroatoms. The third kappa shape index (κ3) is 2.58. The van der Waals surface area contributed by atoms with Crippen LogP contribution in [0, 0.1) is 13.8 Å². The molecule has 4 nitrogen and oxygen atoms in total. The van der Waals surface area contributed by atoms with E-state index in [1.54, 1.807) is 0 Å². The van der Waals surface area contributed by atoms with E-state index in [9.17, 15) is 4.79 Å². The molecule has 0 unspecified atom stereocenters. The molecule has 92 valence electrons. The zero-order valence-corrected chi connectivity index (χ0v) is 10.2. The molecule has 0 radical (unpaired) electrons. The van der Waals surface area contributed by atoms with Gasteiger partial charge in [0.15, 0.2) is 0 Å². The van der Waals surface area contributed by atoms with Crippen LogP contribution in [0.15, 0.2) is 18.2 Å². The normalized spacial score (nSPS) is 17.3. The van der Waals surface area contributed by atoms with Crippen molar-refractivity contribution >= 4 is 11.7 Å². The van der Waals surface area contributed by atoms with Crippen LogP contribution in [0.4, 0.5) is 5.69 Å². The van der Waals surface area contributed by atoms with Gasteiger partial charge in [0.2, 0.25) is 0 Å². The Balaban J connectivity index is 2.13. The number of carboxylic acid groups (broad SMARTS) is 1. The Morgan fingerprint density at radius 1 is 1.41 bits per heavy atom. The van der Waals surface area contributed by atoms with Crippen LogP contribution in [0.2, 0.25) is 0 Å². The van der Waals surface area contributed by atoms with Crippen LogP contribution in [-0.2, 0) is 4.79 Å². The highest BCUT2D eigenvalue weighted by atomic mass is 16.4. The van der Waals surface area contributed by atoms with Crippen molar-refractivity contribution in [3.05, 3.63) is 29.3 Å². The van der Waals surface area contributed by atoms with E-state index in [-0.39, 0.29) is 12.0 Å². The zero-order chi connectivity index (χ0) is 12.5. The van der Waals surface area contributed by atoms with Crippen molar-refractivity contribution in [3.8, 4) is 0 Å². The first-order chi connectivity index (χ1) is 8.01. The van der Waals surface area contributed by atoms with Crippen LogP contribution in [0.1, 0.15) is 17.5 Å². The number of carbonyl (C=O) groups is 1. The number of hydrogen-bond donors (Lipinski definition) is 3. The largest absolute Gasteiger partial charge is 0.481 e. The molecular weight excluding hydrogens is 216 g/mol. The molecule has 1 aromatic rings. The van der Waals surface area contributed by atoms with Gasteiger partial charge in [-0.05, 0) is 37.1 Å². The molecule has 0 spiro atoms. The lowest BCUT2D eigenvalue weighted by atomic mass is 9.88. The van der Waals surface area contributed by atoms with Crippen LogP contribution in [-0.4, -0.2) is 29.7 Å². The summed E-state index contributed by atoms with van der Waals surface area (Å²) >= 11 is 0. The molecular formula is C13H18N2O2. The molecule has 1 heterocycles. The van der Waals surface area contributed by atoms with Gasteiger partial charge in [0.05, 0.1) is 12.0 Å². The molecule has 0 saturated carbocycles. The fraction of sp³-hybridized carbons (Fsp3) is 0.462. The van der Waals surface area contributed by atoms with E-state index < -0.39 is 5.97 Å². The highest BCUT2D eigenvalue weighted by Crippen LogP contribution is 2.24. The van der Waals surface area contributed by atoms with Gasteiger partial charge in [0, 0.05) is 18.8 Å². The predicted molar refractivity (Wildman–Crippen MR) is 67.4 cm³/mol. The summed E-state index contributed by atoms with van der Waals surface area (Å²) in [5.41, 5.74) is 3.13. The van der Waals surface area contributed by atoms with Crippen molar-refractivity contribution in [2.45, 2.75) is 25.8 Å². The molecule has 1 aliphatic rings. The van der Waals surface area contributed by atoms with Crippen molar-refractivity contribution in [2.75, 3.05) is 18.4 Å². The van der Waals surface area contributed by atoms with Crippen molar-refractivity contribution in [1.29, 1.82) is 0 Å². The van der Waals surface area contributed by atoms with Gasteiger partial charge in [-0.25, -0.2) is 0 Å². The summed E-state index contributed by atoms with van der Waals surface area (Å²) in [6.07, 6.45) is 0.146. The number of anilines is 1. The summed E-state index contributed by atoms with van der Waals surface area (Å²) in [5.74, 6) is -0.761. The van der Waals surface area contributed by atoms with Gasteiger partial charge >= 0.3 is 5.97 Å². The van der Waals surface area contributed by atoms with Crippen LogP contribution < -0.4 is 10.6 Å². The van der Waals surface area contributed by atoms with E-state index in [2.05, 4.69) is 36.6 Å². The number of hydrogen-bond acceptors (Lipinski definition) is 3. The minimum absolute atomic E-state index is 0.146. The molecule has 1 aliphatic heterocycles. The van der Waals surface area contributed by atoms with Crippen molar-refractivity contribution in [2.24, 2.45) is 0 Å². The van der Waals surface area contributed by atoms with Gasteiger partial charge in [-0.1, -0.05) is 6.07 Å². The monoisotopic (exact) mass is 234 g/mol. The van der Waals surface area contributed by atoms with Gasteiger partial charge < -0.3 is 15.7 Å². The topological polar surface area (TPSA) is 61.4 Å². The van der Waals surface area contributed by atoms with Gasteiger partial charge in [-0.15, -0.1) is 0 Å². The smallest absolute Gasteiger partial charge is 0.305 e. The maximum Gasteiger partial charge on any atom is 0.305 e. The van der Waals surface area contributed by atoms with E-state index in [0.717, 1.165) is 5.69 Å². The lowest BCUT2D eigenvalue weighted by molar-refractivity contribution is -0.138. The number of rotatable bonds is 4. The number of carboxylic acids is 1.